The zero-order chi connectivity index (χ0) is 22.9. The normalized spacial score (nSPS) is 20.0. The second-order valence-electron chi connectivity index (χ2n) is 8.87. The van der Waals surface area contributed by atoms with Crippen molar-refractivity contribution in [2.24, 2.45) is 0 Å². The number of hydrogen-bond acceptors (Lipinski definition) is 5. The molecule has 0 bridgehead atoms. The van der Waals surface area contributed by atoms with Crippen LogP contribution in [0, 0.1) is 0 Å². The number of carbonyl (C=O) groups excluding carboxylic acids is 1. The first-order valence-electron chi connectivity index (χ1n) is 11.5. The molecule has 2 aromatic rings. The van der Waals surface area contributed by atoms with Gasteiger partial charge in [-0.1, -0.05) is 26.0 Å². The SMILES string of the molecule is CCC(C)c1ccc(S(=O)(=O)N2CCN(C(C)C(=O)N3CCc4sccc4C3)CC2)cc1. The Morgan fingerprint density at radius 1 is 1.03 bits per heavy atom. The van der Waals surface area contributed by atoms with E-state index in [-0.39, 0.29) is 11.9 Å². The van der Waals surface area contributed by atoms with Crippen molar-refractivity contribution in [1.29, 1.82) is 0 Å². The van der Waals surface area contributed by atoms with Crippen molar-refractivity contribution in [2.45, 2.75) is 57.0 Å². The third-order valence-corrected chi connectivity index (χ3v) is 9.93. The molecule has 2 aliphatic rings. The molecule has 1 saturated heterocycles. The number of nitrogens with zero attached hydrogens (tertiary/aromatic N) is 3. The van der Waals surface area contributed by atoms with Crippen LogP contribution < -0.4 is 0 Å². The highest BCUT2D eigenvalue weighted by Crippen LogP contribution is 2.26. The number of amides is 1. The number of rotatable bonds is 6. The molecule has 32 heavy (non-hydrogen) atoms. The smallest absolute Gasteiger partial charge is 0.243 e. The average molecular weight is 476 g/mol. The van der Waals surface area contributed by atoms with Crippen LogP contribution in [0.25, 0.3) is 0 Å². The van der Waals surface area contributed by atoms with Gasteiger partial charge in [0.2, 0.25) is 15.9 Å². The van der Waals surface area contributed by atoms with Crippen LogP contribution in [0.1, 0.15) is 49.1 Å². The number of carbonyl (C=O) groups is 1. The molecule has 4 rings (SSSR count). The van der Waals surface area contributed by atoms with E-state index in [1.807, 2.05) is 24.0 Å². The molecule has 0 spiro atoms. The molecule has 1 aromatic heterocycles. The number of sulfonamides is 1. The summed E-state index contributed by atoms with van der Waals surface area (Å²) >= 11 is 1.77. The molecule has 0 saturated carbocycles. The van der Waals surface area contributed by atoms with Crippen molar-refractivity contribution in [3.05, 3.63) is 51.7 Å². The maximum Gasteiger partial charge on any atom is 0.243 e. The molecular weight excluding hydrogens is 442 g/mol. The van der Waals surface area contributed by atoms with Crippen molar-refractivity contribution in [3.63, 3.8) is 0 Å². The van der Waals surface area contributed by atoms with Gasteiger partial charge in [-0.15, -0.1) is 11.3 Å². The highest BCUT2D eigenvalue weighted by molar-refractivity contribution is 7.89. The molecular formula is C24H33N3O3S2. The van der Waals surface area contributed by atoms with Crippen LogP contribution in [0.5, 0.6) is 0 Å². The summed E-state index contributed by atoms with van der Waals surface area (Å²) in [6.45, 7) is 9.61. The molecule has 1 aromatic carbocycles. The predicted molar refractivity (Wildman–Crippen MR) is 128 cm³/mol. The fourth-order valence-electron chi connectivity index (χ4n) is 4.54. The van der Waals surface area contributed by atoms with Gasteiger partial charge in [0.25, 0.3) is 0 Å². The number of piperazine rings is 1. The molecule has 2 atom stereocenters. The van der Waals surface area contributed by atoms with Gasteiger partial charge in [-0.3, -0.25) is 9.69 Å². The molecule has 0 radical (unpaired) electrons. The topological polar surface area (TPSA) is 60.9 Å². The second kappa shape index (κ2) is 9.63. The van der Waals surface area contributed by atoms with Gasteiger partial charge < -0.3 is 4.90 Å². The molecule has 2 aliphatic heterocycles. The number of hydrogen-bond donors (Lipinski definition) is 0. The Labute approximate surface area is 195 Å². The van der Waals surface area contributed by atoms with Gasteiger partial charge in [-0.2, -0.15) is 4.31 Å². The van der Waals surface area contributed by atoms with Gasteiger partial charge in [-0.05, 0) is 60.4 Å². The van der Waals surface area contributed by atoms with Crippen LogP contribution in [0.4, 0.5) is 0 Å². The summed E-state index contributed by atoms with van der Waals surface area (Å²) in [5.41, 5.74) is 2.42. The van der Waals surface area contributed by atoms with Crippen molar-refractivity contribution in [1.82, 2.24) is 14.1 Å². The molecule has 8 heteroatoms. The van der Waals surface area contributed by atoms with E-state index in [4.69, 9.17) is 0 Å². The fraction of sp³-hybridized carbons (Fsp3) is 0.542. The van der Waals surface area contributed by atoms with Gasteiger partial charge in [0.05, 0.1) is 10.9 Å². The van der Waals surface area contributed by atoms with E-state index in [2.05, 4.69) is 30.2 Å². The summed E-state index contributed by atoms with van der Waals surface area (Å²) in [6.07, 6.45) is 1.95. The van der Waals surface area contributed by atoms with Gasteiger partial charge in [0.15, 0.2) is 0 Å². The third kappa shape index (κ3) is 4.64. The lowest BCUT2D eigenvalue weighted by Crippen LogP contribution is -2.55. The minimum Gasteiger partial charge on any atom is -0.337 e. The first-order valence-corrected chi connectivity index (χ1v) is 13.8. The van der Waals surface area contributed by atoms with Crippen LogP contribution >= 0.6 is 11.3 Å². The lowest BCUT2D eigenvalue weighted by molar-refractivity contribution is -0.137. The van der Waals surface area contributed by atoms with Gasteiger partial charge in [0, 0.05) is 44.1 Å². The minimum atomic E-state index is -3.52. The molecule has 3 heterocycles. The summed E-state index contributed by atoms with van der Waals surface area (Å²) in [6, 6.07) is 9.18. The lowest BCUT2D eigenvalue weighted by Gasteiger charge is -2.39. The number of thiophene rings is 1. The maximum absolute atomic E-state index is 13.1. The summed E-state index contributed by atoms with van der Waals surface area (Å²) in [5, 5.41) is 2.10. The second-order valence-corrected chi connectivity index (χ2v) is 11.8. The molecule has 0 aliphatic carbocycles. The Bertz CT molecular complexity index is 1040. The standard InChI is InChI=1S/C24H33N3O3S2/c1-4-18(2)20-5-7-22(8-6-20)32(29,30)27-14-12-25(13-15-27)19(3)24(28)26-11-9-23-21(17-26)10-16-31-23/h5-8,10,16,18-19H,4,9,11-15,17H2,1-3H3. The van der Waals surface area contributed by atoms with Crippen LogP contribution in [-0.4, -0.2) is 67.2 Å². The predicted octanol–water partition coefficient (Wildman–Crippen LogP) is 3.54. The minimum absolute atomic E-state index is 0.138. The summed E-state index contributed by atoms with van der Waals surface area (Å²) in [4.78, 5) is 18.9. The Hall–Kier alpha value is -1.74. The van der Waals surface area contributed by atoms with E-state index < -0.39 is 10.0 Å². The number of fused-ring (bicyclic) bond motifs is 1. The van der Waals surface area contributed by atoms with E-state index in [0.29, 0.717) is 43.5 Å². The zero-order valence-electron chi connectivity index (χ0n) is 19.2. The van der Waals surface area contributed by atoms with Gasteiger partial charge in [-0.25, -0.2) is 8.42 Å². The van der Waals surface area contributed by atoms with Crippen molar-refractivity contribution >= 4 is 27.3 Å². The van der Waals surface area contributed by atoms with Crippen molar-refractivity contribution < 1.29 is 13.2 Å². The highest BCUT2D eigenvalue weighted by Gasteiger charge is 2.34. The quantitative estimate of drug-likeness (QED) is 0.641. The van der Waals surface area contributed by atoms with E-state index in [1.165, 1.54) is 10.4 Å². The molecule has 6 nitrogen and oxygen atoms in total. The van der Waals surface area contributed by atoms with E-state index in [9.17, 15) is 13.2 Å². The Kier molecular flexibility index (Phi) is 7.05. The highest BCUT2D eigenvalue weighted by atomic mass is 32.2. The molecule has 2 unspecified atom stereocenters. The Morgan fingerprint density at radius 2 is 1.72 bits per heavy atom. The molecule has 1 fully saturated rings. The van der Waals surface area contributed by atoms with Gasteiger partial charge >= 0.3 is 0 Å². The third-order valence-electron chi connectivity index (χ3n) is 7.00. The number of benzene rings is 1. The zero-order valence-corrected chi connectivity index (χ0v) is 20.8. The van der Waals surface area contributed by atoms with Crippen LogP contribution in [-0.2, 0) is 27.8 Å². The van der Waals surface area contributed by atoms with Crippen LogP contribution in [0.3, 0.4) is 0 Å². The van der Waals surface area contributed by atoms with Crippen LogP contribution in [0.15, 0.2) is 40.6 Å². The first kappa shape index (κ1) is 23.4. The fourth-order valence-corrected chi connectivity index (χ4v) is 6.85. The lowest BCUT2D eigenvalue weighted by atomic mass is 9.99. The Morgan fingerprint density at radius 3 is 2.38 bits per heavy atom. The summed E-state index contributed by atoms with van der Waals surface area (Å²) in [7, 11) is -3.52. The van der Waals surface area contributed by atoms with Crippen LogP contribution in [0.2, 0.25) is 0 Å². The molecule has 0 N–H and O–H groups in total. The van der Waals surface area contributed by atoms with Gasteiger partial charge in [0.1, 0.15) is 0 Å². The molecule has 1 amide bonds. The van der Waals surface area contributed by atoms with E-state index >= 15 is 0 Å². The maximum atomic E-state index is 13.1. The average Bonchev–Trinajstić information content (AvgIpc) is 3.30. The molecule has 174 valence electrons. The summed E-state index contributed by atoms with van der Waals surface area (Å²) in [5.74, 6) is 0.555. The van der Waals surface area contributed by atoms with Crippen molar-refractivity contribution in [3.8, 4) is 0 Å². The van der Waals surface area contributed by atoms with E-state index in [0.717, 1.165) is 24.9 Å². The summed E-state index contributed by atoms with van der Waals surface area (Å²) < 4.78 is 27.8. The van der Waals surface area contributed by atoms with E-state index in [1.54, 1.807) is 27.8 Å². The largest absolute Gasteiger partial charge is 0.337 e. The Balaban J connectivity index is 1.35. The monoisotopic (exact) mass is 475 g/mol. The first-order chi connectivity index (χ1) is 15.3. The van der Waals surface area contributed by atoms with Crippen molar-refractivity contribution in [2.75, 3.05) is 32.7 Å².